The minimum Gasteiger partial charge on any atom is -0.304 e. The first-order chi connectivity index (χ1) is 7.67. The number of rotatable bonds is 10. The quantitative estimate of drug-likeness (QED) is 0.592. The highest BCUT2D eigenvalue weighted by atomic mass is 32.1. The second-order valence-corrected chi connectivity index (χ2v) is 4.93. The van der Waals surface area contributed by atoms with Gasteiger partial charge < -0.3 is 9.80 Å². The van der Waals surface area contributed by atoms with E-state index < -0.39 is 0 Å². The lowest BCUT2D eigenvalue weighted by molar-refractivity contribution is 0.227. The molecule has 0 aliphatic heterocycles. The minimum absolute atomic E-state index is 0.705. The van der Waals surface area contributed by atoms with Gasteiger partial charge in [0.15, 0.2) is 0 Å². The summed E-state index contributed by atoms with van der Waals surface area (Å²) in [6.07, 6.45) is 1.29. The molecule has 0 aromatic carbocycles. The molecular weight excluding hydrogens is 216 g/mol. The first-order valence-corrected chi connectivity index (χ1v) is 7.36. The van der Waals surface area contributed by atoms with E-state index in [-0.39, 0.29) is 0 Å². The maximum Gasteiger partial charge on any atom is 0.00147 e. The van der Waals surface area contributed by atoms with E-state index in [0.717, 1.165) is 12.3 Å². The maximum absolute atomic E-state index is 4.35. The van der Waals surface area contributed by atoms with Crippen LogP contribution in [0.4, 0.5) is 0 Å². The molecule has 0 amide bonds. The molecule has 16 heavy (non-hydrogen) atoms. The lowest BCUT2D eigenvalue weighted by Crippen LogP contribution is -2.33. The van der Waals surface area contributed by atoms with Gasteiger partial charge in [0, 0.05) is 6.54 Å². The highest BCUT2D eigenvalue weighted by Gasteiger charge is 2.07. The van der Waals surface area contributed by atoms with Crippen molar-refractivity contribution in [3.63, 3.8) is 0 Å². The first-order valence-electron chi connectivity index (χ1n) is 6.73. The summed E-state index contributed by atoms with van der Waals surface area (Å²) >= 11 is 4.35. The molecule has 0 aromatic heterocycles. The van der Waals surface area contributed by atoms with E-state index in [0.29, 0.717) is 5.92 Å². The normalized spacial score (nSPS) is 13.7. The smallest absolute Gasteiger partial charge is 0.00147 e. The van der Waals surface area contributed by atoms with E-state index in [1.807, 2.05) is 0 Å². The summed E-state index contributed by atoms with van der Waals surface area (Å²) in [5, 5.41) is 0. The third kappa shape index (κ3) is 7.53. The molecule has 98 valence electrons. The van der Waals surface area contributed by atoms with Crippen molar-refractivity contribution in [1.29, 1.82) is 0 Å². The summed E-state index contributed by atoms with van der Waals surface area (Å²) in [4.78, 5) is 5.04. The van der Waals surface area contributed by atoms with Gasteiger partial charge in [-0.05, 0) is 50.8 Å². The van der Waals surface area contributed by atoms with Gasteiger partial charge in [-0.25, -0.2) is 0 Å². The Morgan fingerprint density at radius 2 is 1.44 bits per heavy atom. The van der Waals surface area contributed by atoms with Gasteiger partial charge in [0.05, 0.1) is 0 Å². The zero-order chi connectivity index (χ0) is 12.4. The van der Waals surface area contributed by atoms with Crippen molar-refractivity contribution in [1.82, 2.24) is 9.80 Å². The third-order valence-corrected chi connectivity index (χ3v) is 3.80. The van der Waals surface area contributed by atoms with Gasteiger partial charge in [-0.15, -0.1) is 0 Å². The molecule has 0 bridgehead atoms. The lowest BCUT2D eigenvalue weighted by atomic mass is 10.2. The molecule has 0 spiro atoms. The van der Waals surface area contributed by atoms with Gasteiger partial charge in [0.2, 0.25) is 0 Å². The Kier molecular flexibility index (Phi) is 10.6. The highest BCUT2D eigenvalue weighted by molar-refractivity contribution is 7.80. The van der Waals surface area contributed by atoms with Crippen LogP contribution in [0, 0.1) is 5.92 Å². The van der Waals surface area contributed by atoms with Gasteiger partial charge in [0.1, 0.15) is 0 Å². The molecule has 0 saturated carbocycles. The Bertz CT molecular complexity index is 149. The molecule has 0 N–H and O–H groups in total. The number of nitrogens with zero attached hydrogens (tertiary/aromatic N) is 2. The summed E-state index contributed by atoms with van der Waals surface area (Å²) in [6, 6.07) is 0. The van der Waals surface area contributed by atoms with E-state index >= 15 is 0 Å². The highest BCUT2D eigenvalue weighted by Crippen LogP contribution is 2.03. The molecule has 1 unspecified atom stereocenters. The Morgan fingerprint density at radius 1 is 0.938 bits per heavy atom. The molecule has 0 heterocycles. The van der Waals surface area contributed by atoms with Crippen LogP contribution in [0.3, 0.4) is 0 Å². The molecule has 3 heteroatoms. The van der Waals surface area contributed by atoms with Crippen LogP contribution in [0.1, 0.15) is 34.1 Å². The van der Waals surface area contributed by atoms with Crippen molar-refractivity contribution in [2.45, 2.75) is 34.1 Å². The minimum atomic E-state index is 0.705. The maximum atomic E-state index is 4.35. The third-order valence-electron chi connectivity index (χ3n) is 3.17. The van der Waals surface area contributed by atoms with E-state index in [9.17, 15) is 0 Å². The van der Waals surface area contributed by atoms with Crippen molar-refractivity contribution < 1.29 is 0 Å². The SMILES string of the molecule is CCN(CC)CCCN(CC)CC(C)CS. The number of hydrogen-bond donors (Lipinski definition) is 1. The van der Waals surface area contributed by atoms with E-state index in [1.54, 1.807) is 0 Å². The number of thiol groups is 1. The molecule has 0 fully saturated rings. The summed E-state index contributed by atoms with van der Waals surface area (Å²) in [5.74, 6) is 1.70. The van der Waals surface area contributed by atoms with Gasteiger partial charge in [-0.2, -0.15) is 12.6 Å². The lowest BCUT2D eigenvalue weighted by Gasteiger charge is -2.25. The average molecular weight is 246 g/mol. The topological polar surface area (TPSA) is 6.48 Å². The van der Waals surface area contributed by atoms with Crippen LogP contribution < -0.4 is 0 Å². The van der Waals surface area contributed by atoms with Crippen molar-refractivity contribution in [2.75, 3.05) is 45.0 Å². The predicted molar refractivity (Wildman–Crippen MR) is 77.5 cm³/mol. The molecule has 0 aliphatic carbocycles. The summed E-state index contributed by atoms with van der Waals surface area (Å²) in [6.45, 7) is 16.2. The van der Waals surface area contributed by atoms with Gasteiger partial charge >= 0.3 is 0 Å². The Balaban J connectivity index is 3.69. The molecule has 0 rings (SSSR count). The molecule has 0 aliphatic rings. The van der Waals surface area contributed by atoms with Crippen molar-refractivity contribution in [3.05, 3.63) is 0 Å². The molecule has 1 atom stereocenters. The Hall–Kier alpha value is 0.270. The summed E-state index contributed by atoms with van der Waals surface area (Å²) in [5.41, 5.74) is 0. The fourth-order valence-electron chi connectivity index (χ4n) is 1.93. The van der Waals surface area contributed by atoms with Crippen molar-refractivity contribution in [3.8, 4) is 0 Å². The van der Waals surface area contributed by atoms with Crippen LogP contribution >= 0.6 is 12.6 Å². The molecule has 0 radical (unpaired) electrons. The molecule has 0 saturated heterocycles. The van der Waals surface area contributed by atoms with Crippen molar-refractivity contribution in [2.24, 2.45) is 5.92 Å². The van der Waals surface area contributed by atoms with Crippen LogP contribution in [0.2, 0.25) is 0 Å². The molecule has 2 nitrogen and oxygen atoms in total. The van der Waals surface area contributed by atoms with Crippen LogP contribution in [0.15, 0.2) is 0 Å². The van der Waals surface area contributed by atoms with Crippen LogP contribution in [0.25, 0.3) is 0 Å². The Morgan fingerprint density at radius 3 is 1.88 bits per heavy atom. The zero-order valence-electron chi connectivity index (χ0n) is 11.6. The van der Waals surface area contributed by atoms with E-state index in [4.69, 9.17) is 0 Å². The van der Waals surface area contributed by atoms with Crippen molar-refractivity contribution >= 4 is 12.6 Å². The van der Waals surface area contributed by atoms with E-state index in [2.05, 4.69) is 50.1 Å². The van der Waals surface area contributed by atoms with Gasteiger partial charge in [0.25, 0.3) is 0 Å². The largest absolute Gasteiger partial charge is 0.304 e. The van der Waals surface area contributed by atoms with Crippen LogP contribution in [0.5, 0.6) is 0 Å². The molecule has 0 aromatic rings. The molecular formula is C13H30N2S. The first kappa shape index (κ1) is 16.3. The van der Waals surface area contributed by atoms with E-state index in [1.165, 1.54) is 39.1 Å². The van der Waals surface area contributed by atoms with Gasteiger partial charge in [-0.3, -0.25) is 0 Å². The van der Waals surface area contributed by atoms with Crippen LogP contribution in [-0.2, 0) is 0 Å². The van der Waals surface area contributed by atoms with Gasteiger partial charge in [-0.1, -0.05) is 27.7 Å². The predicted octanol–water partition coefficient (Wildman–Crippen LogP) is 2.61. The standard InChI is InChI=1S/C13H30N2S/c1-5-14(6-2)9-8-10-15(7-3)11-13(4)12-16/h13,16H,5-12H2,1-4H3. The second-order valence-electron chi connectivity index (χ2n) is 4.56. The average Bonchev–Trinajstić information content (AvgIpc) is 2.32. The monoisotopic (exact) mass is 246 g/mol. The Labute approximate surface area is 108 Å². The fraction of sp³-hybridized carbons (Fsp3) is 1.00. The fourth-order valence-corrected chi connectivity index (χ4v) is 2.05. The zero-order valence-corrected chi connectivity index (χ0v) is 12.5. The summed E-state index contributed by atoms with van der Waals surface area (Å²) in [7, 11) is 0. The second kappa shape index (κ2) is 10.4. The number of hydrogen-bond acceptors (Lipinski definition) is 3. The summed E-state index contributed by atoms with van der Waals surface area (Å²) < 4.78 is 0. The van der Waals surface area contributed by atoms with Crippen LogP contribution in [-0.4, -0.2) is 54.8 Å².